The molecule has 1 amide bonds. The highest BCUT2D eigenvalue weighted by Gasteiger charge is 2.36. The van der Waals surface area contributed by atoms with Crippen LogP contribution in [0.5, 0.6) is 0 Å². The van der Waals surface area contributed by atoms with Crippen molar-refractivity contribution in [2.24, 2.45) is 5.41 Å². The van der Waals surface area contributed by atoms with Gasteiger partial charge < -0.3 is 5.32 Å². The largest absolute Gasteiger partial charge is 0.417 e. The number of rotatable bonds is 4. The van der Waals surface area contributed by atoms with E-state index >= 15 is 0 Å². The van der Waals surface area contributed by atoms with Gasteiger partial charge in [-0.25, -0.2) is 0 Å². The van der Waals surface area contributed by atoms with Crippen molar-refractivity contribution < 1.29 is 18.0 Å². The molecule has 1 aromatic rings. The first kappa shape index (κ1) is 16.3. The molecule has 0 atom stereocenters. The van der Waals surface area contributed by atoms with E-state index in [4.69, 9.17) is 0 Å². The second kappa shape index (κ2) is 6.38. The van der Waals surface area contributed by atoms with Crippen LogP contribution in [0.3, 0.4) is 0 Å². The number of nitrogens with one attached hydrogen (secondary N) is 1. The molecule has 1 aliphatic carbocycles. The Bertz CT molecular complexity index is 510. The highest BCUT2D eigenvalue weighted by atomic mass is 79.9. The summed E-state index contributed by atoms with van der Waals surface area (Å²) in [7, 11) is 0. The zero-order valence-electron chi connectivity index (χ0n) is 11.5. The van der Waals surface area contributed by atoms with Gasteiger partial charge in [0.25, 0.3) is 5.91 Å². The van der Waals surface area contributed by atoms with Crippen LogP contribution in [0.2, 0.25) is 0 Å². The Morgan fingerprint density at radius 1 is 1.24 bits per heavy atom. The van der Waals surface area contributed by atoms with Gasteiger partial charge in [-0.05, 0) is 30.4 Å². The zero-order valence-corrected chi connectivity index (χ0v) is 13.1. The lowest BCUT2D eigenvalue weighted by Gasteiger charge is -2.27. The Kier molecular flexibility index (Phi) is 4.96. The molecule has 0 aromatic heterocycles. The molecule has 116 valence electrons. The van der Waals surface area contributed by atoms with Crippen LogP contribution in [0.25, 0.3) is 0 Å². The van der Waals surface area contributed by atoms with E-state index in [1.165, 1.54) is 18.2 Å². The summed E-state index contributed by atoms with van der Waals surface area (Å²) in [5, 5.41) is 3.43. The maximum absolute atomic E-state index is 12.9. The first-order valence-electron chi connectivity index (χ1n) is 6.88. The van der Waals surface area contributed by atoms with E-state index in [2.05, 4.69) is 21.2 Å². The summed E-state index contributed by atoms with van der Waals surface area (Å²) in [5.41, 5.74) is -1.22. The average Bonchev–Trinajstić information content (AvgIpc) is 2.93. The summed E-state index contributed by atoms with van der Waals surface area (Å²) in [5.74, 6) is -0.657. The molecule has 2 rings (SSSR count). The third-order valence-corrected chi connectivity index (χ3v) is 5.24. The first-order valence-corrected chi connectivity index (χ1v) is 8.00. The maximum atomic E-state index is 12.9. The minimum Gasteiger partial charge on any atom is -0.351 e. The van der Waals surface area contributed by atoms with E-state index in [9.17, 15) is 18.0 Å². The molecule has 0 bridgehead atoms. The molecule has 0 aliphatic heterocycles. The maximum Gasteiger partial charge on any atom is 0.417 e. The number of amides is 1. The van der Waals surface area contributed by atoms with Crippen LogP contribution in [-0.4, -0.2) is 17.8 Å². The van der Waals surface area contributed by atoms with Gasteiger partial charge in [0.15, 0.2) is 0 Å². The van der Waals surface area contributed by atoms with Gasteiger partial charge in [-0.3, -0.25) is 4.79 Å². The molecule has 0 spiro atoms. The van der Waals surface area contributed by atoms with Gasteiger partial charge in [-0.2, -0.15) is 13.2 Å². The smallest absolute Gasteiger partial charge is 0.351 e. The SMILES string of the molecule is O=C(NCC1(CBr)CCCC1)c1ccccc1C(F)(F)F. The van der Waals surface area contributed by atoms with Gasteiger partial charge >= 0.3 is 6.18 Å². The van der Waals surface area contributed by atoms with Gasteiger partial charge in [0.05, 0.1) is 11.1 Å². The van der Waals surface area contributed by atoms with Crippen molar-refractivity contribution in [2.75, 3.05) is 11.9 Å². The lowest BCUT2D eigenvalue weighted by Crippen LogP contribution is -2.37. The molecular weight excluding hydrogens is 347 g/mol. The minimum absolute atomic E-state index is 0.0250. The summed E-state index contributed by atoms with van der Waals surface area (Å²) >= 11 is 3.45. The van der Waals surface area contributed by atoms with Crippen LogP contribution in [0, 0.1) is 5.41 Å². The molecule has 2 nitrogen and oxygen atoms in total. The summed E-state index contributed by atoms with van der Waals surface area (Å²) in [6.45, 7) is 0.406. The Morgan fingerprint density at radius 2 is 1.86 bits per heavy atom. The van der Waals surface area contributed by atoms with Crippen LogP contribution in [0.15, 0.2) is 24.3 Å². The molecule has 1 fully saturated rings. The lowest BCUT2D eigenvalue weighted by molar-refractivity contribution is -0.137. The van der Waals surface area contributed by atoms with E-state index in [0.29, 0.717) is 6.54 Å². The molecule has 0 radical (unpaired) electrons. The fourth-order valence-corrected chi connectivity index (χ4v) is 3.53. The predicted molar refractivity (Wildman–Crippen MR) is 78.5 cm³/mol. The van der Waals surface area contributed by atoms with Gasteiger partial charge in [0.2, 0.25) is 0 Å². The third-order valence-electron chi connectivity index (χ3n) is 4.05. The minimum atomic E-state index is -4.52. The van der Waals surface area contributed by atoms with Crippen molar-refractivity contribution in [1.29, 1.82) is 0 Å². The first-order chi connectivity index (χ1) is 9.88. The topological polar surface area (TPSA) is 29.1 Å². The highest BCUT2D eigenvalue weighted by Crippen LogP contribution is 2.39. The van der Waals surface area contributed by atoms with Gasteiger partial charge in [0.1, 0.15) is 0 Å². The molecule has 6 heteroatoms. The number of halogens is 4. The summed E-state index contributed by atoms with van der Waals surface area (Å²) in [4.78, 5) is 12.1. The van der Waals surface area contributed by atoms with Gasteiger partial charge in [-0.1, -0.05) is 40.9 Å². The second-order valence-electron chi connectivity index (χ2n) is 5.57. The van der Waals surface area contributed by atoms with Crippen molar-refractivity contribution in [3.63, 3.8) is 0 Å². The highest BCUT2D eigenvalue weighted by molar-refractivity contribution is 9.09. The number of alkyl halides is 4. The molecule has 1 saturated carbocycles. The van der Waals surface area contributed by atoms with E-state index < -0.39 is 17.6 Å². The van der Waals surface area contributed by atoms with Gasteiger partial charge in [0, 0.05) is 11.9 Å². The monoisotopic (exact) mass is 363 g/mol. The lowest BCUT2D eigenvalue weighted by atomic mass is 9.88. The van der Waals surface area contributed by atoms with E-state index in [1.807, 2.05) is 0 Å². The van der Waals surface area contributed by atoms with Crippen molar-refractivity contribution in [1.82, 2.24) is 5.32 Å². The van der Waals surface area contributed by atoms with E-state index in [1.54, 1.807) is 0 Å². The Balaban J connectivity index is 2.11. The van der Waals surface area contributed by atoms with Gasteiger partial charge in [-0.15, -0.1) is 0 Å². The standard InChI is InChI=1S/C15H17BrF3NO/c16-9-14(7-3-4-8-14)10-20-13(21)11-5-1-2-6-12(11)15(17,18)19/h1-2,5-6H,3-4,7-10H2,(H,20,21). The van der Waals surface area contributed by atoms with E-state index in [0.717, 1.165) is 37.1 Å². The summed E-state index contributed by atoms with van der Waals surface area (Å²) in [6, 6.07) is 4.88. The van der Waals surface area contributed by atoms with Crippen LogP contribution in [0.1, 0.15) is 41.6 Å². The average molecular weight is 364 g/mol. The number of hydrogen-bond acceptors (Lipinski definition) is 1. The summed E-state index contributed by atoms with van der Waals surface area (Å²) in [6.07, 6.45) is -0.353. The number of carbonyl (C=O) groups excluding carboxylic acids is 1. The normalized spacial score (nSPS) is 17.7. The van der Waals surface area contributed by atoms with Crippen molar-refractivity contribution in [2.45, 2.75) is 31.9 Å². The van der Waals surface area contributed by atoms with Crippen molar-refractivity contribution in [3.8, 4) is 0 Å². The molecule has 1 aliphatic rings. The molecule has 21 heavy (non-hydrogen) atoms. The van der Waals surface area contributed by atoms with Crippen LogP contribution in [0.4, 0.5) is 13.2 Å². The third kappa shape index (κ3) is 3.78. The second-order valence-corrected chi connectivity index (χ2v) is 6.13. The Labute approximate surface area is 130 Å². The molecule has 0 unspecified atom stereocenters. The quantitative estimate of drug-likeness (QED) is 0.789. The molecule has 0 heterocycles. The zero-order chi connectivity index (χ0) is 15.5. The van der Waals surface area contributed by atoms with Crippen LogP contribution < -0.4 is 5.32 Å². The number of hydrogen-bond donors (Lipinski definition) is 1. The number of carbonyl (C=O) groups is 1. The molecule has 1 N–H and O–H groups in total. The number of benzene rings is 1. The van der Waals surface area contributed by atoms with Crippen molar-refractivity contribution >= 4 is 21.8 Å². The predicted octanol–water partition coefficient (Wildman–Crippen LogP) is 4.39. The van der Waals surface area contributed by atoms with Crippen LogP contribution >= 0.6 is 15.9 Å². The van der Waals surface area contributed by atoms with Crippen molar-refractivity contribution in [3.05, 3.63) is 35.4 Å². The fourth-order valence-electron chi connectivity index (χ4n) is 2.77. The Hall–Kier alpha value is -1.04. The Morgan fingerprint density at radius 3 is 2.43 bits per heavy atom. The fraction of sp³-hybridized carbons (Fsp3) is 0.533. The molecular formula is C15H17BrF3NO. The van der Waals surface area contributed by atoms with E-state index in [-0.39, 0.29) is 11.0 Å². The van der Waals surface area contributed by atoms with Crippen LogP contribution in [-0.2, 0) is 6.18 Å². The molecule has 1 aromatic carbocycles. The summed E-state index contributed by atoms with van der Waals surface area (Å²) < 4.78 is 38.7. The molecule has 0 saturated heterocycles.